The van der Waals surface area contributed by atoms with E-state index in [0.29, 0.717) is 6.42 Å². The fraction of sp³-hybridized carbons (Fsp3) is 0.500. The average molecular weight is 212 g/mol. The summed E-state index contributed by atoms with van der Waals surface area (Å²) in [4.78, 5) is 0. The van der Waals surface area contributed by atoms with Crippen LogP contribution >= 0.6 is 0 Å². The summed E-state index contributed by atoms with van der Waals surface area (Å²) in [7, 11) is 0. The van der Waals surface area contributed by atoms with Crippen molar-refractivity contribution in [3.8, 4) is 0 Å². The molecule has 1 unspecified atom stereocenters. The van der Waals surface area contributed by atoms with Crippen LogP contribution in [-0.4, -0.2) is 5.11 Å². The first-order chi connectivity index (χ1) is 7.09. The van der Waals surface area contributed by atoms with Crippen molar-refractivity contribution < 1.29 is 13.9 Å². The van der Waals surface area contributed by atoms with Crippen molar-refractivity contribution in [1.82, 2.24) is 0 Å². The molecule has 1 fully saturated rings. The summed E-state index contributed by atoms with van der Waals surface area (Å²) in [6.45, 7) is 1.79. The molecule has 82 valence electrons. The highest BCUT2D eigenvalue weighted by Crippen LogP contribution is 2.48. The van der Waals surface area contributed by atoms with E-state index >= 15 is 0 Å². The van der Waals surface area contributed by atoms with E-state index in [1.165, 1.54) is 12.1 Å². The second-order valence-electron chi connectivity index (χ2n) is 4.15. The number of benzene rings is 1. The molecular formula is C12H14F2O. The molecule has 0 radical (unpaired) electrons. The summed E-state index contributed by atoms with van der Waals surface area (Å²) in [5.41, 5.74) is -1.08. The Balaban J connectivity index is 2.46. The predicted molar refractivity (Wildman–Crippen MR) is 53.3 cm³/mol. The van der Waals surface area contributed by atoms with Gasteiger partial charge in [0.15, 0.2) is 11.6 Å². The zero-order valence-corrected chi connectivity index (χ0v) is 8.63. The van der Waals surface area contributed by atoms with Crippen molar-refractivity contribution in [2.75, 3.05) is 0 Å². The van der Waals surface area contributed by atoms with Crippen LogP contribution in [0.25, 0.3) is 0 Å². The lowest BCUT2D eigenvalue weighted by Gasteiger charge is -2.27. The van der Waals surface area contributed by atoms with Crippen LogP contribution in [0.3, 0.4) is 0 Å². The van der Waals surface area contributed by atoms with Gasteiger partial charge in [0.2, 0.25) is 0 Å². The van der Waals surface area contributed by atoms with E-state index in [0.717, 1.165) is 18.9 Å². The molecule has 1 aliphatic carbocycles. The van der Waals surface area contributed by atoms with Gasteiger partial charge in [-0.05, 0) is 31.2 Å². The number of halogens is 2. The molecule has 1 aliphatic rings. The van der Waals surface area contributed by atoms with Crippen LogP contribution in [0.5, 0.6) is 0 Å². The first-order valence-corrected chi connectivity index (χ1v) is 5.26. The lowest BCUT2D eigenvalue weighted by molar-refractivity contribution is 0.00495. The van der Waals surface area contributed by atoms with E-state index in [1.807, 2.05) is 0 Å². The fourth-order valence-corrected chi connectivity index (χ4v) is 2.10. The molecule has 1 nitrogen and oxygen atoms in total. The third-order valence-corrected chi connectivity index (χ3v) is 3.21. The van der Waals surface area contributed by atoms with Gasteiger partial charge in [-0.15, -0.1) is 0 Å². The van der Waals surface area contributed by atoms with Crippen LogP contribution in [-0.2, 0) is 5.60 Å². The molecule has 1 N–H and O–H groups in total. The summed E-state index contributed by atoms with van der Waals surface area (Å²) in [6, 6.07) is 3.98. The van der Waals surface area contributed by atoms with Crippen molar-refractivity contribution in [1.29, 1.82) is 0 Å². The molecule has 0 saturated heterocycles. The van der Waals surface area contributed by atoms with Crippen LogP contribution in [0.2, 0.25) is 0 Å². The number of rotatable bonds is 3. The second-order valence-corrected chi connectivity index (χ2v) is 4.15. The van der Waals surface area contributed by atoms with E-state index in [1.54, 1.807) is 6.92 Å². The quantitative estimate of drug-likeness (QED) is 0.816. The molecule has 0 aromatic heterocycles. The minimum absolute atomic E-state index is 0.0822. The number of aliphatic hydroxyl groups is 1. The lowest BCUT2D eigenvalue weighted by Crippen LogP contribution is -2.29. The molecule has 0 aliphatic heterocycles. The molecule has 1 atom stereocenters. The Hall–Kier alpha value is -0.960. The van der Waals surface area contributed by atoms with Crippen molar-refractivity contribution in [3.05, 3.63) is 35.4 Å². The smallest absolute Gasteiger partial charge is 0.164 e. The Labute approximate surface area is 87.7 Å². The maximum atomic E-state index is 13.5. The third kappa shape index (κ3) is 1.65. The van der Waals surface area contributed by atoms with E-state index in [2.05, 4.69) is 0 Å². The van der Waals surface area contributed by atoms with Gasteiger partial charge >= 0.3 is 0 Å². The summed E-state index contributed by atoms with van der Waals surface area (Å²) in [5, 5.41) is 10.3. The zero-order chi connectivity index (χ0) is 11.1. The Morgan fingerprint density at radius 3 is 2.60 bits per heavy atom. The van der Waals surface area contributed by atoms with Crippen LogP contribution < -0.4 is 0 Å². The molecule has 3 heteroatoms. The van der Waals surface area contributed by atoms with Crippen molar-refractivity contribution in [2.24, 2.45) is 5.92 Å². The van der Waals surface area contributed by atoms with E-state index < -0.39 is 17.2 Å². The van der Waals surface area contributed by atoms with Crippen molar-refractivity contribution in [2.45, 2.75) is 31.8 Å². The predicted octanol–water partition coefficient (Wildman–Crippen LogP) is 2.97. The highest BCUT2D eigenvalue weighted by Gasteiger charge is 2.45. The van der Waals surface area contributed by atoms with Crippen molar-refractivity contribution >= 4 is 0 Å². The van der Waals surface area contributed by atoms with Gasteiger partial charge in [0.25, 0.3) is 0 Å². The first kappa shape index (κ1) is 10.6. The molecule has 0 amide bonds. The SMILES string of the molecule is CCC(O)(c1cccc(F)c1F)C1CC1. The van der Waals surface area contributed by atoms with Gasteiger partial charge in [0.05, 0.1) is 5.60 Å². The monoisotopic (exact) mass is 212 g/mol. The molecule has 1 saturated carbocycles. The second kappa shape index (κ2) is 3.56. The standard InChI is InChI=1S/C12H14F2O/c1-2-12(15,8-6-7-8)9-4-3-5-10(13)11(9)14/h3-5,8,15H,2,6-7H2,1H3. The van der Waals surface area contributed by atoms with E-state index in [4.69, 9.17) is 0 Å². The lowest BCUT2D eigenvalue weighted by atomic mass is 9.86. The Bertz CT molecular complexity index is 374. The number of hydrogen-bond donors (Lipinski definition) is 1. The summed E-state index contributed by atoms with van der Waals surface area (Å²) >= 11 is 0. The molecule has 1 aromatic carbocycles. The van der Waals surface area contributed by atoms with Gasteiger partial charge in [-0.1, -0.05) is 19.1 Å². The Kier molecular flexibility index (Phi) is 2.51. The Morgan fingerprint density at radius 2 is 2.07 bits per heavy atom. The van der Waals surface area contributed by atoms with Crippen LogP contribution in [0, 0.1) is 17.6 Å². The number of hydrogen-bond acceptors (Lipinski definition) is 1. The average Bonchev–Trinajstić information content (AvgIpc) is 3.05. The van der Waals surface area contributed by atoms with Gasteiger partial charge in [0, 0.05) is 5.56 Å². The highest BCUT2D eigenvalue weighted by molar-refractivity contribution is 5.27. The van der Waals surface area contributed by atoms with Crippen molar-refractivity contribution in [3.63, 3.8) is 0 Å². The molecular weight excluding hydrogens is 198 g/mol. The van der Waals surface area contributed by atoms with Gasteiger partial charge in [0.1, 0.15) is 0 Å². The molecule has 0 bridgehead atoms. The van der Waals surface area contributed by atoms with Crippen LogP contribution in [0.15, 0.2) is 18.2 Å². The van der Waals surface area contributed by atoms with E-state index in [-0.39, 0.29) is 11.5 Å². The van der Waals surface area contributed by atoms with Gasteiger partial charge < -0.3 is 5.11 Å². The summed E-state index contributed by atoms with van der Waals surface area (Å²) in [5.74, 6) is -1.72. The van der Waals surface area contributed by atoms with Gasteiger partial charge in [-0.3, -0.25) is 0 Å². The zero-order valence-electron chi connectivity index (χ0n) is 8.63. The molecule has 1 aromatic rings. The van der Waals surface area contributed by atoms with Gasteiger partial charge in [-0.2, -0.15) is 0 Å². The van der Waals surface area contributed by atoms with Crippen LogP contribution in [0.1, 0.15) is 31.7 Å². The summed E-state index contributed by atoms with van der Waals surface area (Å²) < 4.78 is 26.6. The van der Waals surface area contributed by atoms with Crippen LogP contribution in [0.4, 0.5) is 8.78 Å². The molecule has 0 spiro atoms. The molecule has 0 heterocycles. The Morgan fingerprint density at radius 1 is 1.40 bits per heavy atom. The fourth-order valence-electron chi connectivity index (χ4n) is 2.10. The summed E-state index contributed by atoms with van der Waals surface area (Å²) in [6.07, 6.45) is 2.19. The van der Waals surface area contributed by atoms with Gasteiger partial charge in [-0.25, -0.2) is 8.78 Å². The minimum atomic E-state index is -1.19. The van der Waals surface area contributed by atoms with E-state index in [9.17, 15) is 13.9 Å². The topological polar surface area (TPSA) is 20.2 Å². The largest absolute Gasteiger partial charge is 0.385 e. The first-order valence-electron chi connectivity index (χ1n) is 5.26. The molecule has 15 heavy (non-hydrogen) atoms. The molecule has 2 rings (SSSR count). The maximum absolute atomic E-state index is 13.5. The maximum Gasteiger partial charge on any atom is 0.164 e. The highest BCUT2D eigenvalue weighted by atomic mass is 19.2. The minimum Gasteiger partial charge on any atom is -0.385 e. The normalized spacial score (nSPS) is 20.0. The third-order valence-electron chi connectivity index (χ3n) is 3.21.